The maximum atomic E-state index is 9.77. The lowest BCUT2D eigenvalue weighted by atomic mass is 10.0. The van der Waals surface area contributed by atoms with Gasteiger partial charge in [0.05, 0.1) is 39.1 Å². The Morgan fingerprint density at radius 3 is 1.62 bits per heavy atom. The second-order valence-electron chi connectivity index (χ2n) is 6.48. The number of hydrogen-bond acceptors (Lipinski definition) is 8. The summed E-state index contributed by atoms with van der Waals surface area (Å²) in [5.41, 5.74) is 0. The molecule has 0 aromatic rings. The van der Waals surface area contributed by atoms with Crippen molar-refractivity contribution in [3.05, 3.63) is 0 Å². The highest BCUT2D eigenvalue weighted by Crippen LogP contribution is 2.12. The topological polar surface area (TPSA) is 204 Å². The molecule has 0 heterocycles. The highest BCUT2D eigenvalue weighted by molar-refractivity contribution is 7.79. The van der Waals surface area contributed by atoms with Gasteiger partial charge in [-0.2, -0.15) is 8.42 Å². The maximum Gasteiger partial charge on any atom is 0.394 e. The molecule has 11 heteroatoms. The summed E-state index contributed by atoms with van der Waals surface area (Å²) in [6, 6.07) is 0. The molecule has 182 valence electrons. The van der Waals surface area contributed by atoms with Crippen molar-refractivity contribution in [2.24, 2.45) is 0 Å². The second kappa shape index (κ2) is 27.6. The zero-order valence-electron chi connectivity index (χ0n) is 18.1. The second-order valence-corrected chi connectivity index (χ2v) is 7.38. The Morgan fingerprint density at radius 2 is 1.17 bits per heavy atom. The van der Waals surface area contributed by atoms with Gasteiger partial charge in [-0.3, -0.25) is 9.11 Å². The van der Waals surface area contributed by atoms with Gasteiger partial charge in [0, 0.05) is 0 Å². The van der Waals surface area contributed by atoms with Crippen LogP contribution in [0.1, 0.15) is 77.6 Å². The van der Waals surface area contributed by atoms with Gasteiger partial charge >= 0.3 is 10.4 Å². The summed E-state index contributed by atoms with van der Waals surface area (Å²) in [4.78, 5) is 0. The zero-order chi connectivity index (χ0) is 20.8. The van der Waals surface area contributed by atoms with Crippen molar-refractivity contribution in [3.63, 3.8) is 0 Å². The lowest BCUT2D eigenvalue weighted by molar-refractivity contribution is -0.00465. The molecule has 10 N–H and O–H groups in total. The monoisotopic (exact) mass is 450 g/mol. The van der Waals surface area contributed by atoms with E-state index in [1.807, 2.05) is 0 Å². The van der Waals surface area contributed by atoms with Gasteiger partial charge in [0.15, 0.2) is 0 Å². The molecule has 0 aromatic carbocycles. The Balaban J connectivity index is -0.000000396. The Bertz CT molecular complexity index is 378. The van der Waals surface area contributed by atoms with Crippen molar-refractivity contribution < 1.29 is 37.2 Å². The molecular formula is C18H46N2O8S. The predicted molar refractivity (Wildman–Crippen MR) is 115 cm³/mol. The minimum atomic E-state index is -4.67. The maximum absolute atomic E-state index is 9.77. The van der Waals surface area contributed by atoms with Crippen LogP contribution in [0.5, 0.6) is 0 Å². The molecule has 0 aromatic heterocycles. The fourth-order valence-electron chi connectivity index (χ4n) is 2.45. The average Bonchev–Trinajstić information content (AvgIpc) is 2.58. The molecule has 0 saturated heterocycles. The number of aliphatic hydroxyl groups excluding tert-OH is 2. The number of hydrogen-bond donors (Lipinski definition) is 6. The van der Waals surface area contributed by atoms with E-state index in [-0.39, 0.29) is 25.0 Å². The fraction of sp³-hybridized carbons (Fsp3) is 1.00. The summed E-state index contributed by atoms with van der Waals surface area (Å²) >= 11 is 0. The smallest absolute Gasteiger partial charge is 0.394 e. The first-order valence-electron chi connectivity index (χ1n) is 9.95. The van der Waals surface area contributed by atoms with Gasteiger partial charge in [0.2, 0.25) is 0 Å². The van der Waals surface area contributed by atoms with Gasteiger partial charge in [-0.1, -0.05) is 71.1 Å². The zero-order valence-corrected chi connectivity index (χ0v) is 19.0. The van der Waals surface area contributed by atoms with Crippen LogP contribution < -0.4 is 12.3 Å². The molecule has 0 amide bonds. The lowest BCUT2D eigenvalue weighted by Crippen LogP contribution is -2.17. The Labute approximate surface area is 177 Å². The highest BCUT2D eigenvalue weighted by atomic mass is 32.3. The molecule has 0 spiro atoms. The highest BCUT2D eigenvalue weighted by Gasteiger charge is 2.04. The van der Waals surface area contributed by atoms with Crippen molar-refractivity contribution in [2.75, 3.05) is 33.0 Å². The van der Waals surface area contributed by atoms with E-state index < -0.39 is 10.4 Å². The van der Waals surface area contributed by atoms with Crippen molar-refractivity contribution in [1.82, 2.24) is 12.3 Å². The molecule has 1 atom stereocenters. The van der Waals surface area contributed by atoms with E-state index in [0.717, 1.165) is 12.8 Å². The molecule has 0 rings (SSSR count). The van der Waals surface area contributed by atoms with Crippen molar-refractivity contribution in [1.29, 1.82) is 0 Å². The lowest BCUT2D eigenvalue weighted by Gasteiger charge is -2.11. The molecule has 0 aliphatic rings. The number of unbranched alkanes of at least 4 members (excludes halogenated alkanes) is 9. The number of rotatable bonds is 18. The molecule has 0 fully saturated rings. The van der Waals surface area contributed by atoms with Crippen LogP contribution in [0.3, 0.4) is 0 Å². The average molecular weight is 451 g/mol. The predicted octanol–water partition coefficient (Wildman–Crippen LogP) is 3.35. The summed E-state index contributed by atoms with van der Waals surface area (Å²) in [5, 5.41) is 18.3. The van der Waals surface area contributed by atoms with E-state index in [0.29, 0.717) is 26.4 Å². The van der Waals surface area contributed by atoms with Gasteiger partial charge in [-0.05, 0) is 6.42 Å². The van der Waals surface area contributed by atoms with E-state index in [2.05, 4.69) is 6.92 Å². The summed E-state index contributed by atoms with van der Waals surface area (Å²) < 4.78 is 42.0. The Kier molecular flexibility index (Phi) is 34.3. The molecule has 0 saturated carbocycles. The van der Waals surface area contributed by atoms with Crippen LogP contribution >= 0.6 is 0 Å². The first-order chi connectivity index (χ1) is 12.8. The van der Waals surface area contributed by atoms with Crippen LogP contribution in [0.25, 0.3) is 0 Å². The third-order valence-corrected chi connectivity index (χ3v) is 3.81. The van der Waals surface area contributed by atoms with E-state index >= 15 is 0 Å². The molecule has 10 nitrogen and oxygen atoms in total. The van der Waals surface area contributed by atoms with Crippen molar-refractivity contribution >= 4 is 10.4 Å². The van der Waals surface area contributed by atoms with Crippen LogP contribution in [0.4, 0.5) is 0 Å². The first kappa shape index (κ1) is 36.0. The van der Waals surface area contributed by atoms with Crippen molar-refractivity contribution in [3.8, 4) is 0 Å². The van der Waals surface area contributed by atoms with Gasteiger partial charge in [-0.15, -0.1) is 0 Å². The third kappa shape index (κ3) is 47.1. The Hall–Kier alpha value is -0.370. The molecule has 29 heavy (non-hydrogen) atoms. The largest absolute Gasteiger partial charge is 0.394 e. The molecule has 0 bridgehead atoms. The molecular weight excluding hydrogens is 404 g/mol. The standard InChI is InChI=1S/C18H38O4.2H3N.H2O4S/c1-2-3-4-5-6-7-8-9-10-11-12-18(20)17-22-16-15-21-14-13-19;;;1-5(2,3)4/h18-20H,2-17H2,1H3;2*1H3;(H2,1,2,3,4). The summed E-state index contributed by atoms with van der Waals surface area (Å²) in [6.45, 7) is 4.00. The normalized spacial score (nSPS) is 11.6. The van der Waals surface area contributed by atoms with E-state index in [1.165, 1.54) is 57.8 Å². The van der Waals surface area contributed by atoms with E-state index in [4.69, 9.17) is 32.1 Å². The first-order valence-corrected chi connectivity index (χ1v) is 11.3. The van der Waals surface area contributed by atoms with Crippen LogP contribution in [-0.2, 0) is 19.9 Å². The third-order valence-electron chi connectivity index (χ3n) is 3.81. The Morgan fingerprint density at radius 1 is 0.759 bits per heavy atom. The number of ether oxygens (including phenoxy) is 2. The SMILES string of the molecule is CCCCCCCCCCCCC(O)COCCOCCO.N.N.O=S(=O)(O)O. The van der Waals surface area contributed by atoms with Gasteiger partial charge in [0.25, 0.3) is 0 Å². The van der Waals surface area contributed by atoms with Gasteiger partial charge < -0.3 is 32.0 Å². The minimum Gasteiger partial charge on any atom is -0.394 e. The molecule has 0 aliphatic carbocycles. The quantitative estimate of drug-likeness (QED) is 0.133. The summed E-state index contributed by atoms with van der Waals surface area (Å²) in [6.07, 6.45) is 13.6. The van der Waals surface area contributed by atoms with Crippen LogP contribution in [-0.4, -0.2) is 66.9 Å². The summed E-state index contributed by atoms with van der Waals surface area (Å²) in [7, 11) is -4.67. The van der Waals surface area contributed by atoms with E-state index in [1.54, 1.807) is 0 Å². The molecule has 0 radical (unpaired) electrons. The summed E-state index contributed by atoms with van der Waals surface area (Å²) in [5.74, 6) is 0. The molecule has 0 aliphatic heterocycles. The van der Waals surface area contributed by atoms with E-state index in [9.17, 15) is 5.11 Å². The van der Waals surface area contributed by atoms with Gasteiger partial charge in [-0.25, -0.2) is 0 Å². The van der Waals surface area contributed by atoms with Crippen molar-refractivity contribution in [2.45, 2.75) is 83.7 Å². The van der Waals surface area contributed by atoms with Gasteiger partial charge in [0.1, 0.15) is 0 Å². The minimum absolute atomic E-state index is 0. The van der Waals surface area contributed by atoms with Crippen LogP contribution in [0.2, 0.25) is 0 Å². The van der Waals surface area contributed by atoms with Crippen LogP contribution in [0, 0.1) is 0 Å². The van der Waals surface area contributed by atoms with Crippen LogP contribution in [0.15, 0.2) is 0 Å². The number of aliphatic hydroxyl groups is 2. The molecule has 1 unspecified atom stereocenters. The fourth-order valence-corrected chi connectivity index (χ4v) is 2.45.